The van der Waals surface area contributed by atoms with E-state index in [1.54, 1.807) is 11.0 Å². The Morgan fingerprint density at radius 3 is 2.42 bits per heavy atom. The highest BCUT2D eigenvalue weighted by molar-refractivity contribution is 5.89. The molecule has 2 N–H and O–H groups in total. The van der Waals surface area contributed by atoms with Crippen molar-refractivity contribution < 1.29 is 14.3 Å². The molecule has 0 saturated heterocycles. The quantitative estimate of drug-likeness (QED) is 0.543. The van der Waals surface area contributed by atoms with Crippen molar-refractivity contribution in [3.63, 3.8) is 0 Å². The van der Waals surface area contributed by atoms with E-state index in [0.717, 1.165) is 36.3 Å². The van der Waals surface area contributed by atoms with Gasteiger partial charge >= 0.3 is 6.03 Å². The Balaban J connectivity index is 1.59. The Labute approximate surface area is 193 Å². The smallest absolute Gasteiger partial charge is 0.322 e. The highest BCUT2D eigenvalue weighted by Crippen LogP contribution is 2.35. The highest BCUT2D eigenvalue weighted by Gasteiger charge is 2.19. The number of aryl methyl sites for hydroxylation is 1. The minimum absolute atomic E-state index is 0.168. The van der Waals surface area contributed by atoms with Gasteiger partial charge in [-0.1, -0.05) is 31.5 Å². The zero-order valence-corrected chi connectivity index (χ0v) is 19.3. The van der Waals surface area contributed by atoms with E-state index < -0.39 is 0 Å². The van der Waals surface area contributed by atoms with Gasteiger partial charge < -0.3 is 29.6 Å². The molecule has 1 aromatic heterocycles. The van der Waals surface area contributed by atoms with E-state index in [1.165, 1.54) is 0 Å². The fourth-order valence-corrected chi connectivity index (χ4v) is 3.86. The Hall–Kier alpha value is -3.52. The topological polar surface area (TPSA) is 86.9 Å². The molecule has 0 fully saturated rings. The van der Waals surface area contributed by atoms with Crippen LogP contribution in [0.5, 0.6) is 11.5 Å². The molecule has 0 spiro atoms. The summed E-state index contributed by atoms with van der Waals surface area (Å²) in [5, 5.41) is 3.79. The number of likely N-dealkylation sites (N-methyl/N-ethyl adjacent to an activating group) is 1. The van der Waals surface area contributed by atoms with Crippen molar-refractivity contribution in [2.45, 2.75) is 27.3 Å². The van der Waals surface area contributed by atoms with E-state index in [4.69, 9.17) is 9.47 Å². The number of hydrogen-bond donors (Lipinski definition) is 2. The molecule has 0 saturated carbocycles. The van der Waals surface area contributed by atoms with Crippen LogP contribution in [-0.2, 0) is 6.54 Å². The number of benzene rings is 2. The van der Waals surface area contributed by atoms with E-state index in [-0.39, 0.29) is 24.9 Å². The van der Waals surface area contributed by atoms with Crippen molar-refractivity contribution in [2.75, 3.05) is 38.3 Å². The lowest BCUT2D eigenvalue weighted by Crippen LogP contribution is -2.41. The molecule has 4 rings (SSSR count). The number of ether oxygens (including phenoxy) is 2. The molecule has 0 atom stereocenters. The molecule has 0 radical (unpaired) electrons. The molecule has 0 aliphatic carbocycles. The van der Waals surface area contributed by atoms with Gasteiger partial charge in [-0.2, -0.15) is 0 Å². The normalized spacial score (nSPS) is 12.4. The number of anilines is 1. The van der Waals surface area contributed by atoms with Crippen molar-refractivity contribution in [3.8, 4) is 11.5 Å². The van der Waals surface area contributed by atoms with Crippen LogP contribution in [0, 0.1) is 6.92 Å². The summed E-state index contributed by atoms with van der Waals surface area (Å²) < 4.78 is 10.9. The molecule has 0 bridgehead atoms. The summed E-state index contributed by atoms with van der Waals surface area (Å²) >= 11 is 0. The van der Waals surface area contributed by atoms with E-state index >= 15 is 0 Å². The lowest BCUT2D eigenvalue weighted by molar-refractivity contribution is 0.174. The summed E-state index contributed by atoms with van der Waals surface area (Å²) in [5.74, 6) is 1.26. The van der Waals surface area contributed by atoms with Gasteiger partial charge in [-0.3, -0.25) is 4.79 Å². The summed E-state index contributed by atoms with van der Waals surface area (Å²) in [7, 11) is 0. The lowest BCUT2D eigenvalue weighted by atomic mass is 10.1. The average Bonchev–Trinajstić information content (AvgIpc) is 3.26. The van der Waals surface area contributed by atoms with Gasteiger partial charge in [0, 0.05) is 35.8 Å². The molecule has 2 amide bonds. The third-order valence-electron chi connectivity index (χ3n) is 5.95. The molecule has 8 nitrogen and oxygen atoms in total. The third kappa shape index (κ3) is 5.28. The average molecular weight is 451 g/mol. The van der Waals surface area contributed by atoms with Gasteiger partial charge in [0.25, 0.3) is 5.56 Å². The number of fused-ring (bicyclic) bond motifs is 2. The van der Waals surface area contributed by atoms with Crippen LogP contribution in [0.15, 0.2) is 47.3 Å². The maximum absolute atomic E-state index is 13.2. The van der Waals surface area contributed by atoms with E-state index in [9.17, 15) is 9.59 Å². The van der Waals surface area contributed by atoms with E-state index in [1.807, 2.05) is 43.3 Å². The van der Waals surface area contributed by atoms with E-state index in [0.29, 0.717) is 29.1 Å². The van der Waals surface area contributed by atoms with Crippen LogP contribution >= 0.6 is 0 Å². The zero-order valence-electron chi connectivity index (χ0n) is 19.3. The number of urea groups is 1. The van der Waals surface area contributed by atoms with Crippen molar-refractivity contribution in [1.29, 1.82) is 0 Å². The molecule has 33 heavy (non-hydrogen) atoms. The Kier molecular flexibility index (Phi) is 6.84. The van der Waals surface area contributed by atoms with Crippen LogP contribution in [0.1, 0.15) is 25.0 Å². The first-order valence-electron chi connectivity index (χ1n) is 11.3. The van der Waals surface area contributed by atoms with Gasteiger partial charge in [-0.05, 0) is 44.3 Å². The summed E-state index contributed by atoms with van der Waals surface area (Å²) in [4.78, 5) is 32.9. The molecule has 1 aliphatic heterocycles. The van der Waals surface area contributed by atoms with Gasteiger partial charge in [-0.25, -0.2) is 4.79 Å². The SMILES string of the molecule is CCN(CC)CCN(Cc1cc2cc3c(cc2[nH]c1=O)OCO3)C(=O)Nc1ccc(C)cc1. The molecule has 2 aromatic carbocycles. The highest BCUT2D eigenvalue weighted by atomic mass is 16.7. The summed E-state index contributed by atoms with van der Waals surface area (Å²) in [5.41, 5.74) is 2.80. The van der Waals surface area contributed by atoms with Gasteiger partial charge in [0.1, 0.15) is 0 Å². The Morgan fingerprint density at radius 1 is 1.03 bits per heavy atom. The van der Waals surface area contributed by atoms with Crippen LogP contribution in [0.3, 0.4) is 0 Å². The van der Waals surface area contributed by atoms with Crippen molar-refractivity contribution in [1.82, 2.24) is 14.8 Å². The monoisotopic (exact) mass is 450 g/mol. The molecule has 8 heteroatoms. The second-order valence-corrected chi connectivity index (χ2v) is 8.16. The van der Waals surface area contributed by atoms with Gasteiger partial charge in [-0.15, -0.1) is 0 Å². The molecular weight excluding hydrogens is 420 g/mol. The first kappa shape index (κ1) is 22.7. The first-order chi connectivity index (χ1) is 16.0. The largest absolute Gasteiger partial charge is 0.454 e. The number of nitrogens with one attached hydrogen (secondary N) is 2. The molecule has 2 heterocycles. The van der Waals surface area contributed by atoms with Crippen LogP contribution in [-0.4, -0.2) is 53.8 Å². The van der Waals surface area contributed by atoms with Crippen LogP contribution in [0.4, 0.5) is 10.5 Å². The first-order valence-corrected chi connectivity index (χ1v) is 11.3. The number of carbonyl (C=O) groups is 1. The van der Waals surface area contributed by atoms with Crippen molar-refractivity contribution in [2.24, 2.45) is 0 Å². The zero-order chi connectivity index (χ0) is 23.4. The number of hydrogen-bond acceptors (Lipinski definition) is 5. The number of nitrogens with zero attached hydrogens (tertiary/aromatic N) is 2. The molecular formula is C25H30N4O4. The minimum atomic E-state index is -0.240. The molecule has 174 valence electrons. The van der Waals surface area contributed by atoms with Crippen molar-refractivity contribution in [3.05, 3.63) is 63.9 Å². The summed E-state index contributed by atoms with van der Waals surface area (Å²) in [6.07, 6.45) is 0. The fraction of sp³-hybridized carbons (Fsp3) is 0.360. The number of pyridine rings is 1. The van der Waals surface area contributed by atoms with Gasteiger partial charge in [0.15, 0.2) is 11.5 Å². The molecule has 3 aromatic rings. The molecule has 1 aliphatic rings. The fourth-order valence-electron chi connectivity index (χ4n) is 3.86. The summed E-state index contributed by atoms with van der Waals surface area (Å²) in [6.45, 7) is 9.56. The number of rotatable bonds is 8. The number of aromatic amines is 1. The predicted molar refractivity (Wildman–Crippen MR) is 129 cm³/mol. The summed E-state index contributed by atoms with van der Waals surface area (Å²) in [6, 6.07) is 12.9. The standard InChI is InChI=1S/C25H30N4O4/c1-4-28(5-2)10-11-29(25(31)26-20-8-6-17(3)7-9-20)15-19-12-18-13-22-23(33-16-32-22)14-21(18)27-24(19)30/h6-9,12-14H,4-5,10-11,15-16H2,1-3H3,(H,26,31)(H,27,30). The van der Waals surface area contributed by atoms with Crippen LogP contribution < -0.4 is 20.3 Å². The lowest BCUT2D eigenvalue weighted by Gasteiger charge is -2.26. The molecule has 0 unspecified atom stereocenters. The predicted octanol–water partition coefficient (Wildman–Crippen LogP) is 3.94. The second-order valence-electron chi connectivity index (χ2n) is 8.16. The number of H-pyrrole nitrogens is 1. The number of aromatic nitrogens is 1. The van der Waals surface area contributed by atoms with Gasteiger partial charge in [0.05, 0.1) is 12.1 Å². The van der Waals surface area contributed by atoms with Crippen molar-refractivity contribution >= 4 is 22.6 Å². The minimum Gasteiger partial charge on any atom is -0.454 e. The number of amides is 2. The maximum atomic E-state index is 13.2. The van der Waals surface area contributed by atoms with Crippen LogP contribution in [0.2, 0.25) is 0 Å². The van der Waals surface area contributed by atoms with Gasteiger partial charge in [0.2, 0.25) is 6.79 Å². The maximum Gasteiger partial charge on any atom is 0.322 e. The third-order valence-corrected chi connectivity index (χ3v) is 5.95. The van der Waals surface area contributed by atoms with E-state index in [2.05, 4.69) is 29.0 Å². The Bertz CT molecular complexity index is 1190. The second kappa shape index (κ2) is 9.95. The Morgan fingerprint density at radius 2 is 1.73 bits per heavy atom. The van der Waals surface area contributed by atoms with Crippen LogP contribution in [0.25, 0.3) is 10.9 Å². The number of carbonyl (C=O) groups excluding carboxylic acids is 1.